The molecule has 0 N–H and O–H groups in total. The molecule has 0 aliphatic heterocycles. The topological polar surface area (TPSA) is 34.4 Å². The summed E-state index contributed by atoms with van der Waals surface area (Å²) in [6, 6.07) is 3.73. The van der Waals surface area contributed by atoms with Crippen molar-refractivity contribution in [2.24, 2.45) is 18.0 Å². The molecule has 0 unspecified atom stereocenters. The average Bonchev–Trinajstić information content (AvgIpc) is 2.65. The minimum Gasteiger partial charge on any atom is -0.315 e. The molecule has 3 aliphatic carbocycles. The molecule has 3 nitrogen and oxygen atoms in total. The highest BCUT2D eigenvalue weighted by Crippen LogP contribution is 2.52. The molecule has 1 aromatic heterocycles. The van der Waals surface area contributed by atoms with E-state index in [1.165, 1.54) is 54.4 Å². The molecule has 2 bridgehead atoms. The molecule has 4 rings (SSSR count). The molecule has 2 atom stereocenters. The first-order chi connectivity index (χ1) is 13.0. The summed E-state index contributed by atoms with van der Waals surface area (Å²) in [5.41, 5.74) is 6.37. The van der Waals surface area contributed by atoms with E-state index >= 15 is 0 Å². The van der Waals surface area contributed by atoms with Gasteiger partial charge in [-0.25, -0.2) is 0 Å². The van der Waals surface area contributed by atoms with Gasteiger partial charge in [0.25, 0.3) is 0 Å². The number of allylic oxidation sites excluding steroid dienone is 4. The third kappa shape index (κ3) is 3.07. The number of hydrogen-bond donors (Lipinski definition) is 0. The standard InChI is InChI=1S/C24H30N2O/c1-4-20-19-14-17(2)16-24(20,25-13-12-18-8-6-5-7-9-18)21-10-11-23(27)26(3)22(21)15-19/h4,10-14,19H,5-9,15-16H2,1-3H3/b20-4+,25-13+/t19-,24+/m0/s1. The van der Waals surface area contributed by atoms with Crippen molar-refractivity contribution in [3.8, 4) is 0 Å². The van der Waals surface area contributed by atoms with E-state index in [1.807, 2.05) is 17.7 Å². The lowest BCUT2D eigenvalue weighted by molar-refractivity contribution is 0.405. The number of hydrogen-bond acceptors (Lipinski definition) is 2. The number of rotatable bonds is 2. The fraction of sp³-hybridized carbons (Fsp3) is 0.500. The molecule has 3 heteroatoms. The monoisotopic (exact) mass is 362 g/mol. The van der Waals surface area contributed by atoms with Crippen molar-refractivity contribution in [2.45, 2.75) is 64.3 Å². The fourth-order valence-electron chi connectivity index (χ4n) is 5.32. The van der Waals surface area contributed by atoms with Gasteiger partial charge in [-0.2, -0.15) is 0 Å². The molecule has 3 aliphatic rings. The van der Waals surface area contributed by atoms with E-state index < -0.39 is 0 Å². The van der Waals surface area contributed by atoms with Gasteiger partial charge in [-0.05, 0) is 63.7 Å². The van der Waals surface area contributed by atoms with Crippen LogP contribution in [-0.2, 0) is 19.0 Å². The van der Waals surface area contributed by atoms with Crippen LogP contribution in [0.3, 0.4) is 0 Å². The van der Waals surface area contributed by atoms with E-state index in [-0.39, 0.29) is 11.1 Å². The molecular weight excluding hydrogens is 332 g/mol. The summed E-state index contributed by atoms with van der Waals surface area (Å²) in [5, 5.41) is 0. The van der Waals surface area contributed by atoms with Crippen LogP contribution in [0.1, 0.15) is 63.6 Å². The maximum Gasteiger partial charge on any atom is 0.250 e. The number of fused-ring (bicyclic) bond motifs is 4. The van der Waals surface area contributed by atoms with Crippen molar-refractivity contribution >= 4 is 6.21 Å². The number of aliphatic imine (C=N–C) groups is 1. The van der Waals surface area contributed by atoms with Crippen LogP contribution in [0.2, 0.25) is 0 Å². The maximum atomic E-state index is 12.2. The summed E-state index contributed by atoms with van der Waals surface area (Å²) < 4.78 is 1.83. The Morgan fingerprint density at radius 3 is 2.74 bits per heavy atom. The summed E-state index contributed by atoms with van der Waals surface area (Å²) in [7, 11) is 1.90. The Bertz CT molecular complexity index is 920. The Hall–Kier alpha value is -2.16. The van der Waals surface area contributed by atoms with Gasteiger partial charge in [0, 0.05) is 42.9 Å². The van der Waals surface area contributed by atoms with Gasteiger partial charge in [-0.15, -0.1) is 0 Å². The first kappa shape index (κ1) is 18.2. The first-order valence-corrected chi connectivity index (χ1v) is 10.3. The molecule has 1 saturated carbocycles. The summed E-state index contributed by atoms with van der Waals surface area (Å²) in [4.78, 5) is 17.5. The van der Waals surface area contributed by atoms with Gasteiger partial charge < -0.3 is 4.57 Å². The highest BCUT2D eigenvalue weighted by molar-refractivity contribution is 5.74. The van der Waals surface area contributed by atoms with E-state index in [4.69, 9.17) is 4.99 Å². The minimum atomic E-state index is -0.358. The first-order valence-electron chi connectivity index (χ1n) is 10.3. The maximum absolute atomic E-state index is 12.2. The van der Waals surface area contributed by atoms with Crippen LogP contribution in [0.15, 0.2) is 56.9 Å². The van der Waals surface area contributed by atoms with Crippen LogP contribution < -0.4 is 5.56 Å². The van der Waals surface area contributed by atoms with Gasteiger partial charge in [0.2, 0.25) is 5.56 Å². The largest absolute Gasteiger partial charge is 0.315 e. The number of pyridine rings is 1. The van der Waals surface area contributed by atoms with Gasteiger partial charge in [-0.1, -0.05) is 29.7 Å². The second-order valence-electron chi connectivity index (χ2n) is 8.36. The van der Waals surface area contributed by atoms with Crippen molar-refractivity contribution in [1.82, 2.24) is 4.57 Å². The van der Waals surface area contributed by atoms with Crippen molar-refractivity contribution in [2.75, 3.05) is 0 Å². The minimum absolute atomic E-state index is 0.0694. The van der Waals surface area contributed by atoms with Gasteiger partial charge >= 0.3 is 0 Å². The number of aromatic nitrogens is 1. The van der Waals surface area contributed by atoms with Crippen molar-refractivity contribution in [3.63, 3.8) is 0 Å². The van der Waals surface area contributed by atoms with Gasteiger partial charge in [0.15, 0.2) is 0 Å². The Labute approximate surface area is 162 Å². The van der Waals surface area contributed by atoms with Crippen LogP contribution in [0, 0.1) is 5.92 Å². The molecule has 0 saturated heterocycles. The SMILES string of the molecule is C/C=C1\[C@H]2C=C(C)C[C@]1(/N=C/C=C1CCCCC1)c1ccc(=O)n(C)c1C2. The summed E-state index contributed by atoms with van der Waals surface area (Å²) in [6.07, 6.45) is 17.1. The average molecular weight is 363 g/mol. The molecule has 27 heavy (non-hydrogen) atoms. The molecule has 1 fully saturated rings. The van der Waals surface area contributed by atoms with Gasteiger partial charge in [0.1, 0.15) is 5.54 Å². The van der Waals surface area contributed by atoms with E-state index in [2.05, 4.69) is 38.3 Å². The van der Waals surface area contributed by atoms with E-state index in [1.54, 1.807) is 6.07 Å². The molecule has 142 valence electrons. The van der Waals surface area contributed by atoms with Crippen LogP contribution >= 0.6 is 0 Å². The summed E-state index contributed by atoms with van der Waals surface area (Å²) >= 11 is 0. The van der Waals surface area contributed by atoms with Gasteiger partial charge in [0.05, 0.1) is 0 Å². The van der Waals surface area contributed by atoms with Crippen LogP contribution in [0.25, 0.3) is 0 Å². The zero-order valence-electron chi connectivity index (χ0n) is 16.8. The number of nitrogens with zero attached hydrogens (tertiary/aromatic N) is 2. The Balaban J connectivity index is 1.85. The van der Waals surface area contributed by atoms with Crippen molar-refractivity contribution in [1.29, 1.82) is 0 Å². The summed E-state index contributed by atoms with van der Waals surface area (Å²) in [6.45, 7) is 4.35. The molecular formula is C24H30N2O. The lowest BCUT2D eigenvalue weighted by Crippen LogP contribution is -2.42. The highest BCUT2D eigenvalue weighted by Gasteiger charge is 2.46. The second-order valence-corrected chi connectivity index (χ2v) is 8.36. The molecule has 1 aromatic rings. The van der Waals surface area contributed by atoms with E-state index in [0.717, 1.165) is 18.5 Å². The molecule has 0 spiro atoms. The predicted molar refractivity (Wildman–Crippen MR) is 112 cm³/mol. The Morgan fingerprint density at radius 1 is 1.22 bits per heavy atom. The van der Waals surface area contributed by atoms with E-state index in [0.29, 0.717) is 5.92 Å². The molecule has 0 radical (unpaired) electrons. The third-order valence-corrected chi connectivity index (χ3v) is 6.61. The van der Waals surface area contributed by atoms with Crippen LogP contribution in [-0.4, -0.2) is 10.8 Å². The molecule has 1 heterocycles. The Kier molecular flexibility index (Phi) is 4.79. The Morgan fingerprint density at radius 2 is 2.00 bits per heavy atom. The zero-order chi connectivity index (χ0) is 19.0. The lowest BCUT2D eigenvalue weighted by Gasteiger charge is -2.45. The molecule has 0 amide bonds. The van der Waals surface area contributed by atoms with Crippen LogP contribution in [0.4, 0.5) is 0 Å². The van der Waals surface area contributed by atoms with Crippen molar-refractivity contribution in [3.05, 3.63) is 68.7 Å². The quantitative estimate of drug-likeness (QED) is 0.538. The van der Waals surface area contributed by atoms with E-state index in [9.17, 15) is 4.79 Å². The predicted octanol–water partition coefficient (Wildman–Crippen LogP) is 5.01. The fourth-order valence-corrected chi connectivity index (χ4v) is 5.32. The smallest absolute Gasteiger partial charge is 0.250 e. The lowest BCUT2D eigenvalue weighted by atomic mass is 9.63. The zero-order valence-corrected chi connectivity index (χ0v) is 16.8. The normalized spacial score (nSPS) is 29.0. The van der Waals surface area contributed by atoms with Gasteiger partial charge in [-0.3, -0.25) is 9.79 Å². The van der Waals surface area contributed by atoms with Crippen molar-refractivity contribution < 1.29 is 0 Å². The highest BCUT2D eigenvalue weighted by atomic mass is 16.1. The third-order valence-electron chi connectivity index (χ3n) is 6.61. The molecule has 0 aromatic carbocycles. The summed E-state index contributed by atoms with van der Waals surface area (Å²) in [5.74, 6) is 0.337. The van der Waals surface area contributed by atoms with Crippen LogP contribution in [0.5, 0.6) is 0 Å². The second kappa shape index (κ2) is 7.10.